The smallest absolute Gasteiger partial charge is 0.123 e. The van der Waals surface area contributed by atoms with Crippen LogP contribution in [0.3, 0.4) is 0 Å². The maximum absolute atomic E-state index is 13.4. The summed E-state index contributed by atoms with van der Waals surface area (Å²) >= 11 is 4.19. The van der Waals surface area contributed by atoms with Gasteiger partial charge in [-0.2, -0.15) is 23.5 Å². The highest BCUT2D eigenvalue weighted by Crippen LogP contribution is 2.41. The highest BCUT2D eigenvalue weighted by Gasteiger charge is 2.33. The van der Waals surface area contributed by atoms with Gasteiger partial charge in [0.15, 0.2) is 0 Å². The number of hydrogen-bond acceptors (Lipinski definition) is 3. The van der Waals surface area contributed by atoms with E-state index in [1.54, 1.807) is 12.1 Å². The Labute approximate surface area is 136 Å². The van der Waals surface area contributed by atoms with Crippen molar-refractivity contribution >= 4 is 23.5 Å². The molecule has 0 radical (unpaired) electrons. The molecular formula is C17H26FNS2. The Balaban J connectivity index is 2.27. The van der Waals surface area contributed by atoms with Crippen LogP contribution in [0.15, 0.2) is 18.2 Å². The molecule has 118 valence electrons. The quantitative estimate of drug-likeness (QED) is 0.806. The minimum Gasteiger partial charge on any atom is -0.309 e. The summed E-state index contributed by atoms with van der Waals surface area (Å²) in [7, 11) is 0. The minimum atomic E-state index is -0.136. The number of thioether (sulfide) groups is 2. The molecule has 2 rings (SSSR count). The third-order valence-electron chi connectivity index (χ3n) is 4.00. The average Bonchev–Trinajstić information content (AvgIpc) is 2.49. The SMILES string of the molecule is CCCNC(c1ccc(F)cc1C)C1SCCSC1CC. The van der Waals surface area contributed by atoms with Crippen LogP contribution in [-0.2, 0) is 0 Å². The minimum absolute atomic E-state index is 0.136. The fourth-order valence-corrected chi connectivity index (χ4v) is 6.18. The molecule has 1 aliphatic rings. The largest absolute Gasteiger partial charge is 0.309 e. The van der Waals surface area contributed by atoms with E-state index in [9.17, 15) is 4.39 Å². The molecule has 3 atom stereocenters. The summed E-state index contributed by atoms with van der Waals surface area (Å²) < 4.78 is 13.4. The number of hydrogen-bond donors (Lipinski definition) is 1. The van der Waals surface area contributed by atoms with Gasteiger partial charge in [0.1, 0.15) is 5.82 Å². The van der Waals surface area contributed by atoms with E-state index in [2.05, 4.69) is 42.7 Å². The fraction of sp³-hybridized carbons (Fsp3) is 0.647. The maximum Gasteiger partial charge on any atom is 0.123 e. The van der Waals surface area contributed by atoms with Crippen molar-refractivity contribution in [2.75, 3.05) is 18.1 Å². The zero-order valence-electron chi connectivity index (χ0n) is 13.2. The molecule has 1 heterocycles. The first-order valence-corrected chi connectivity index (χ1v) is 9.99. The van der Waals surface area contributed by atoms with Crippen LogP contribution in [0, 0.1) is 12.7 Å². The summed E-state index contributed by atoms with van der Waals surface area (Å²) in [6.45, 7) is 7.52. The van der Waals surface area contributed by atoms with E-state index in [4.69, 9.17) is 0 Å². The Bertz CT molecular complexity index is 452. The summed E-state index contributed by atoms with van der Waals surface area (Å²) in [6, 6.07) is 5.57. The lowest BCUT2D eigenvalue weighted by Gasteiger charge is -2.37. The maximum atomic E-state index is 13.4. The van der Waals surface area contributed by atoms with Crippen LogP contribution in [0.5, 0.6) is 0 Å². The van der Waals surface area contributed by atoms with E-state index >= 15 is 0 Å². The molecule has 0 spiro atoms. The highest BCUT2D eigenvalue weighted by atomic mass is 32.2. The third-order valence-corrected chi connectivity index (χ3v) is 7.35. The number of aryl methyl sites for hydroxylation is 1. The number of halogens is 1. The van der Waals surface area contributed by atoms with Crippen molar-refractivity contribution in [3.8, 4) is 0 Å². The van der Waals surface area contributed by atoms with E-state index in [-0.39, 0.29) is 5.82 Å². The predicted octanol–water partition coefficient (Wildman–Crippen LogP) is 4.80. The Morgan fingerprint density at radius 1 is 1.29 bits per heavy atom. The first-order chi connectivity index (χ1) is 10.2. The first kappa shape index (κ1) is 17.2. The lowest BCUT2D eigenvalue weighted by molar-refractivity contribution is 0.495. The summed E-state index contributed by atoms with van der Waals surface area (Å²) in [4.78, 5) is 0. The van der Waals surface area contributed by atoms with Crippen LogP contribution in [-0.4, -0.2) is 28.6 Å². The Kier molecular flexibility index (Phi) is 6.90. The van der Waals surface area contributed by atoms with Crippen molar-refractivity contribution in [3.63, 3.8) is 0 Å². The monoisotopic (exact) mass is 327 g/mol. The van der Waals surface area contributed by atoms with Crippen molar-refractivity contribution in [1.29, 1.82) is 0 Å². The molecule has 0 bridgehead atoms. The van der Waals surface area contributed by atoms with Gasteiger partial charge in [-0.05, 0) is 49.6 Å². The molecule has 1 N–H and O–H groups in total. The van der Waals surface area contributed by atoms with Crippen LogP contribution < -0.4 is 5.32 Å². The molecule has 0 amide bonds. The lowest BCUT2D eigenvalue weighted by Crippen LogP contribution is -2.39. The Morgan fingerprint density at radius 2 is 2.05 bits per heavy atom. The Morgan fingerprint density at radius 3 is 2.71 bits per heavy atom. The summed E-state index contributed by atoms with van der Waals surface area (Å²) in [5, 5.41) is 4.98. The standard InChI is InChI=1S/C17H26FNS2/c1-4-8-19-16(14-7-6-13(18)11-12(14)3)17-15(5-2)20-9-10-21-17/h6-7,11,15-17,19H,4-5,8-10H2,1-3H3. The number of benzene rings is 1. The molecule has 0 saturated carbocycles. The van der Waals surface area contributed by atoms with Gasteiger partial charge in [0.05, 0.1) is 0 Å². The van der Waals surface area contributed by atoms with Gasteiger partial charge in [-0.3, -0.25) is 0 Å². The first-order valence-electron chi connectivity index (χ1n) is 7.90. The van der Waals surface area contributed by atoms with Gasteiger partial charge in [-0.15, -0.1) is 0 Å². The van der Waals surface area contributed by atoms with E-state index in [0.29, 0.717) is 16.5 Å². The van der Waals surface area contributed by atoms with Crippen LogP contribution in [0.1, 0.15) is 43.9 Å². The third kappa shape index (κ3) is 4.40. The molecule has 3 unspecified atom stereocenters. The van der Waals surface area contributed by atoms with Crippen molar-refractivity contribution < 1.29 is 4.39 Å². The second kappa shape index (κ2) is 8.44. The lowest BCUT2D eigenvalue weighted by atomic mass is 9.96. The van der Waals surface area contributed by atoms with E-state index in [1.165, 1.54) is 23.5 Å². The normalized spacial score (nSPS) is 24.0. The van der Waals surface area contributed by atoms with E-state index < -0.39 is 0 Å². The van der Waals surface area contributed by atoms with Crippen LogP contribution in [0.25, 0.3) is 0 Å². The van der Waals surface area contributed by atoms with Gasteiger partial charge in [-0.1, -0.05) is 19.9 Å². The number of rotatable bonds is 6. The average molecular weight is 328 g/mol. The van der Waals surface area contributed by atoms with Crippen LogP contribution in [0.4, 0.5) is 4.39 Å². The van der Waals surface area contributed by atoms with Gasteiger partial charge in [0, 0.05) is 28.0 Å². The molecule has 0 aromatic heterocycles. The van der Waals surface area contributed by atoms with E-state index in [0.717, 1.165) is 18.5 Å². The predicted molar refractivity (Wildman–Crippen MR) is 95.0 cm³/mol. The van der Waals surface area contributed by atoms with Crippen molar-refractivity contribution in [1.82, 2.24) is 5.32 Å². The zero-order valence-corrected chi connectivity index (χ0v) is 14.8. The number of nitrogens with one attached hydrogen (secondary N) is 1. The molecule has 4 heteroatoms. The molecule has 1 fully saturated rings. The van der Waals surface area contributed by atoms with Gasteiger partial charge < -0.3 is 5.32 Å². The molecule has 1 saturated heterocycles. The molecule has 1 aliphatic heterocycles. The van der Waals surface area contributed by atoms with Gasteiger partial charge in [0.25, 0.3) is 0 Å². The fourth-order valence-electron chi connectivity index (χ4n) is 2.94. The summed E-state index contributed by atoms with van der Waals surface area (Å²) in [6.07, 6.45) is 2.32. The molecule has 0 aliphatic carbocycles. The van der Waals surface area contributed by atoms with Crippen LogP contribution in [0.2, 0.25) is 0 Å². The van der Waals surface area contributed by atoms with Crippen molar-refractivity contribution in [3.05, 3.63) is 35.1 Å². The zero-order chi connectivity index (χ0) is 15.2. The topological polar surface area (TPSA) is 12.0 Å². The second-order valence-electron chi connectivity index (χ2n) is 5.59. The Hall–Kier alpha value is -0.190. The summed E-state index contributed by atoms with van der Waals surface area (Å²) in [5.41, 5.74) is 2.33. The van der Waals surface area contributed by atoms with Crippen molar-refractivity contribution in [2.24, 2.45) is 0 Å². The van der Waals surface area contributed by atoms with Crippen molar-refractivity contribution in [2.45, 2.75) is 50.2 Å². The molecule has 1 nitrogen and oxygen atoms in total. The molecular weight excluding hydrogens is 301 g/mol. The van der Waals surface area contributed by atoms with Gasteiger partial charge in [-0.25, -0.2) is 4.39 Å². The van der Waals surface area contributed by atoms with Gasteiger partial charge >= 0.3 is 0 Å². The van der Waals surface area contributed by atoms with E-state index in [1.807, 2.05) is 13.0 Å². The highest BCUT2D eigenvalue weighted by molar-refractivity contribution is 8.07. The van der Waals surface area contributed by atoms with Gasteiger partial charge in [0.2, 0.25) is 0 Å². The molecule has 1 aromatic rings. The summed E-state index contributed by atoms with van der Waals surface area (Å²) in [5.74, 6) is 2.34. The molecule has 1 aromatic carbocycles. The second-order valence-corrected chi connectivity index (χ2v) is 8.22. The van der Waals surface area contributed by atoms with Crippen LogP contribution >= 0.6 is 23.5 Å². The molecule has 21 heavy (non-hydrogen) atoms.